The number of esters is 1. The average molecular weight is 834 g/mol. The van der Waals surface area contributed by atoms with E-state index in [-0.39, 0.29) is 42.8 Å². The number of rotatable bonds is 9. The first kappa shape index (κ1) is 44.0. The van der Waals surface area contributed by atoms with E-state index in [1.165, 1.54) is 5.01 Å². The lowest BCUT2D eigenvalue weighted by Crippen LogP contribution is -2.62. The first-order valence-corrected chi connectivity index (χ1v) is 22.0. The summed E-state index contributed by atoms with van der Waals surface area (Å²) in [6.07, 6.45) is 4.16. The molecule has 4 aromatic rings. The number of hydrogen-bond donors (Lipinski definition) is 3. The summed E-state index contributed by atoms with van der Waals surface area (Å²) in [5.41, 5.74) is 10.7. The van der Waals surface area contributed by atoms with E-state index in [1.54, 1.807) is 25.3 Å². The predicted octanol–water partition coefficient (Wildman–Crippen LogP) is 5.84. The second-order valence-electron chi connectivity index (χ2n) is 18.2. The molecule has 13 heteroatoms. The molecule has 3 aliphatic rings. The number of ether oxygens (including phenoxy) is 2. The van der Waals surface area contributed by atoms with Gasteiger partial charge in [-0.3, -0.25) is 29.2 Å². The van der Waals surface area contributed by atoms with E-state index >= 15 is 0 Å². The highest BCUT2D eigenvalue weighted by atomic mass is 16.5. The van der Waals surface area contributed by atoms with Crippen molar-refractivity contribution in [3.63, 3.8) is 0 Å². The molecule has 7 rings (SSSR count). The van der Waals surface area contributed by atoms with Crippen molar-refractivity contribution in [1.82, 2.24) is 35.5 Å². The summed E-state index contributed by atoms with van der Waals surface area (Å²) >= 11 is 0. The van der Waals surface area contributed by atoms with Crippen LogP contribution in [0.3, 0.4) is 0 Å². The van der Waals surface area contributed by atoms with Crippen LogP contribution in [-0.2, 0) is 48.0 Å². The molecular weight excluding hydrogens is 771 g/mol. The lowest BCUT2D eigenvalue weighted by molar-refractivity contribution is -0.155. The van der Waals surface area contributed by atoms with E-state index in [0.29, 0.717) is 38.8 Å². The number of cyclic esters (lactones) is 1. The Balaban J connectivity index is 1.32. The van der Waals surface area contributed by atoms with Gasteiger partial charge in [0, 0.05) is 68.3 Å². The van der Waals surface area contributed by atoms with E-state index < -0.39 is 35.4 Å². The summed E-state index contributed by atoms with van der Waals surface area (Å²) in [7, 11) is 3.38. The topological polar surface area (TPSA) is 147 Å². The van der Waals surface area contributed by atoms with Gasteiger partial charge >= 0.3 is 5.97 Å². The van der Waals surface area contributed by atoms with Gasteiger partial charge in [0.1, 0.15) is 18.1 Å². The van der Waals surface area contributed by atoms with Crippen LogP contribution in [0.2, 0.25) is 0 Å². The van der Waals surface area contributed by atoms with Gasteiger partial charge in [-0.1, -0.05) is 58.0 Å². The molecule has 3 N–H and O–H groups in total. The number of carbonyl (C=O) groups excluding carboxylic acids is 4. The van der Waals surface area contributed by atoms with Crippen LogP contribution in [0.25, 0.3) is 33.3 Å². The van der Waals surface area contributed by atoms with Crippen molar-refractivity contribution in [3.05, 3.63) is 77.6 Å². The molecule has 0 unspecified atom stereocenters. The molecule has 3 aliphatic heterocycles. The molecule has 326 valence electrons. The highest BCUT2D eigenvalue weighted by Crippen LogP contribution is 2.42. The number of likely N-dealkylation sites (N-methyl/N-ethyl adjacent to an activating group) is 1. The molecule has 2 saturated heterocycles. The maximum Gasteiger partial charge on any atom is 0.324 e. The number of fused-ring (bicyclic) bond motifs is 6. The molecular formula is C48H63N7O6. The van der Waals surface area contributed by atoms with Gasteiger partial charge in [-0.25, -0.2) is 5.43 Å². The second kappa shape index (κ2) is 18.5. The van der Waals surface area contributed by atoms with E-state index in [2.05, 4.69) is 77.8 Å². The molecule has 2 aromatic heterocycles. The van der Waals surface area contributed by atoms with Crippen LogP contribution in [0.15, 0.2) is 60.8 Å². The van der Waals surface area contributed by atoms with Crippen LogP contribution < -0.4 is 16.1 Å². The smallest absolute Gasteiger partial charge is 0.324 e. The molecule has 5 atom stereocenters. The number of hydrogen-bond acceptors (Lipinski definition) is 9. The molecule has 0 saturated carbocycles. The zero-order chi connectivity index (χ0) is 43.6. The van der Waals surface area contributed by atoms with Crippen LogP contribution >= 0.6 is 0 Å². The Kier molecular flexibility index (Phi) is 13.3. The monoisotopic (exact) mass is 833 g/mol. The van der Waals surface area contributed by atoms with Crippen LogP contribution in [0, 0.1) is 17.3 Å². The zero-order valence-corrected chi connectivity index (χ0v) is 37.0. The zero-order valence-electron chi connectivity index (χ0n) is 37.0. The Morgan fingerprint density at radius 1 is 1.07 bits per heavy atom. The van der Waals surface area contributed by atoms with Gasteiger partial charge in [0.2, 0.25) is 11.8 Å². The van der Waals surface area contributed by atoms with Gasteiger partial charge in [0.25, 0.3) is 5.91 Å². The van der Waals surface area contributed by atoms with Gasteiger partial charge in [-0.2, -0.15) is 0 Å². The van der Waals surface area contributed by atoms with E-state index in [1.807, 2.05) is 39.0 Å². The van der Waals surface area contributed by atoms with E-state index in [0.717, 1.165) is 63.2 Å². The second-order valence-corrected chi connectivity index (χ2v) is 18.2. The molecule has 5 heterocycles. The summed E-state index contributed by atoms with van der Waals surface area (Å²) < 4.78 is 14.3. The fourth-order valence-corrected chi connectivity index (χ4v) is 9.46. The van der Waals surface area contributed by atoms with Crippen molar-refractivity contribution < 1.29 is 28.7 Å². The molecule has 6 bridgehead atoms. The molecule has 0 spiro atoms. The van der Waals surface area contributed by atoms with Gasteiger partial charge in [-0.15, -0.1) is 0 Å². The largest absolute Gasteiger partial charge is 0.464 e. The molecule has 61 heavy (non-hydrogen) atoms. The summed E-state index contributed by atoms with van der Waals surface area (Å²) in [4.78, 5) is 62.7. The minimum absolute atomic E-state index is 0.0863. The molecule has 0 aliphatic carbocycles. The van der Waals surface area contributed by atoms with Gasteiger partial charge < -0.3 is 29.6 Å². The van der Waals surface area contributed by atoms with Gasteiger partial charge in [-0.05, 0) is 98.5 Å². The number of carbonyl (C=O) groups is 4. The Bertz CT molecular complexity index is 2260. The number of aryl methyl sites for hydroxylation is 1. The molecule has 2 fully saturated rings. The first-order chi connectivity index (χ1) is 29.2. The minimum atomic E-state index is -0.987. The Morgan fingerprint density at radius 3 is 2.57 bits per heavy atom. The number of pyridine rings is 1. The van der Waals surface area contributed by atoms with Crippen LogP contribution in [-0.4, -0.2) is 102 Å². The SMILES string of the molecule is CCn1c(-c2cccnc2[C@H](C)OC)c2c3cc(ccc31)-c1cccc(c1)C[C@H](NC(=O)[C@H](C(C)C)N(C)C(=O)[C@H]1CCNC1)C(=O)N1CCC[C@H](N1)C(=O)OCC(C)(C)C2. The highest BCUT2D eigenvalue weighted by molar-refractivity contribution is 5.96. The summed E-state index contributed by atoms with van der Waals surface area (Å²) in [5.74, 6) is -1.68. The highest BCUT2D eigenvalue weighted by Gasteiger charge is 2.39. The van der Waals surface area contributed by atoms with Crippen molar-refractivity contribution in [2.24, 2.45) is 17.3 Å². The number of benzene rings is 2. The Labute approximate surface area is 359 Å². The predicted molar refractivity (Wildman–Crippen MR) is 236 cm³/mol. The minimum Gasteiger partial charge on any atom is -0.464 e. The number of aromatic nitrogens is 2. The number of methoxy groups -OCH3 is 1. The fraction of sp³-hybridized carbons (Fsp3) is 0.521. The van der Waals surface area contributed by atoms with E-state index in [9.17, 15) is 19.2 Å². The van der Waals surface area contributed by atoms with Crippen molar-refractivity contribution in [2.45, 2.75) is 104 Å². The third-order valence-corrected chi connectivity index (χ3v) is 12.7. The summed E-state index contributed by atoms with van der Waals surface area (Å²) in [6.45, 7) is 14.8. The van der Waals surface area contributed by atoms with Crippen molar-refractivity contribution >= 4 is 34.6 Å². The molecule has 3 amide bonds. The van der Waals surface area contributed by atoms with Gasteiger partial charge in [0.15, 0.2) is 0 Å². The number of nitrogens with one attached hydrogen (secondary N) is 3. The summed E-state index contributed by atoms with van der Waals surface area (Å²) in [6, 6.07) is 16.2. The maximum atomic E-state index is 14.6. The lowest BCUT2D eigenvalue weighted by Gasteiger charge is -2.37. The number of nitrogens with zero attached hydrogens (tertiary/aromatic N) is 4. The maximum absolute atomic E-state index is 14.6. The van der Waals surface area contributed by atoms with Crippen LogP contribution in [0.1, 0.15) is 83.7 Å². The van der Waals surface area contributed by atoms with Crippen molar-refractivity contribution in [3.8, 4) is 22.4 Å². The molecule has 13 nitrogen and oxygen atoms in total. The van der Waals surface area contributed by atoms with Crippen LogP contribution in [0.4, 0.5) is 0 Å². The van der Waals surface area contributed by atoms with E-state index in [4.69, 9.17) is 14.5 Å². The third-order valence-electron chi connectivity index (χ3n) is 12.7. The first-order valence-electron chi connectivity index (χ1n) is 22.0. The van der Waals surface area contributed by atoms with Gasteiger partial charge in [0.05, 0.1) is 30.0 Å². The van der Waals surface area contributed by atoms with Crippen molar-refractivity contribution in [1.29, 1.82) is 0 Å². The lowest BCUT2D eigenvalue weighted by atomic mass is 9.84. The molecule has 2 aromatic carbocycles. The number of hydrazine groups is 1. The quantitative estimate of drug-likeness (QED) is 0.177. The van der Waals surface area contributed by atoms with Crippen molar-refractivity contribution in [2.75, 3.05) is 40.4 Å². The number of amides is 3. The average Bonchev–Trinajstić information content (AvgIpc) is 3.90. The Morgan fingerprint density at radius 2 is 1.85 bits per heavy atom. The molecule has 0 radical (unpaired) electrons. The standard InChI is InChI=1S/C48H63N7O6/c1-9-54-40-18-17-33-25-36(40)37(43(54)35-15-11-20-50-41(35)30(4)60-8)26-48(5,6)28-61-47(59)38-16-12-22-55(52-38)46(58)39(24-31-13-10-14-32(33)23-31)51-44(56)42(29(2)3)53(7)45(57)34-19-21-49-27-34/h10-11,13-15,17-18,20,23,25,29-30,34,38-39,42,49,52H,9,12,16,19,21-22,24,26-28H2,1-8H3,(H,51,56)/t30-,34-,38-,39-,42-/m0/s1. The normalized spacial score (nSPS) is 21.8. The van der Waals surface area contributed by atoms with Crippen LogP contribution in [0.5, 0.6) is 0 Å². The fourth-order valence-electron chi connectivity index (χ4n) is 9.46. The summed E-state index contributed by atoms with van der Waals surface area (Å²) in [5, 5.41) is 8.89. The third kappa shape index (κ3) is 9.24. The Hall–Kier alpha value is -5.11.